The highest BCUT2D eigenvalue weighted by molar-refractivity contribution is 5.96. The monoisotopic (exact) mass is 349 g/mol. The van der Waals surface area contributed by atoms with Gasteiger partial charge in [0.25, 0.3) is 0 Å². The molecular weight excluding hydrogens is 325 g/mol. The van der Waals surface area contributed by atoms with Crippen molar-refractivity contribution >= 4 is 22.3 Å². The Morgan fingerprint density at radius 1 is 1.12 bits per heavy atom. The average molecular weight is 349 g/mol. The van der Waals surface area contributed by atoms with Crippen LogP contribution in [0.5, 0.6) is 0 Å². The third-order valence-electron chi connectivity index (χ3n) is 5.38. The number of piperidine rings is 1. The second-order valence-electron chi connectivity index (χ2n) is 7.17. The van der Waals surface area contributed by atoms with Crippen LogP contribution >= 0.6 is 0 Å². The van der Waals surface area contributed by atoms with Crippen LogP contribution in [0.1, 0.15) is 25.3 Å². The molecule has 1 aliphatic heterocycles. The molecule has 1 aliphatic rings. The van der Waals surface area contributed by atoms with E-state index in [9.17, 15) is 4.39 Å². The number of aryl methyl sites for hydroxylation is 1. The molecule has 0 amide bonds. The van der Waals surface area contributed by atoms with Crippen LogP contribution < -0.4 is 5.32 Å². The van der Waals surface area contributed by atoms with Crippen LogP contribution in [0.15, 0.2) is 47.6 Å². The number of benzene rings is 2. The topological polar surface area (TPSA) is 40.2 Å². The van der Waals surface area contributed by atoms with Gasteiger partial charge in [0, 0.05) is 28.4 Å². The van der Waals surface area contributed by atoms with Crippen molar-refractivity contribution in [1.82, 2.24) is 10.3 Å². The van der Waals surface area contributed by atoms with Crippen LogP contribution in [0, 0.1) is 18.7 Å². The molecule has 0 aliphatic carbocycles. The van der Waals surface area contributed by atoms with E-state index in [1.165, 1.54) is 30.7 Å². The number of nitrogens with one attached hydrogen (secondary N) is 2. The van der Waals surface area contributed by atoms with E-state index in [2.05, 4.69) is 42.3 Å². The predicted octanol–water partition coefficient (Wildman–Crippen LogP) is 5.37. The highest BCUT2D eigenvalue weighted by atomic mass is 19.1. The Morgan fingerprint density at radius 2 is 1.92 bits per heavy atom. The minimum Gasteiger partial charge on any atom is -0.360 e. The van der Waals surface area contributed by atoms with Gasteiger partial charge in [0.2, 0.25) is 0 Å². The summed E-state index contributed by atoms with van der Waals surface area (Å²) in [6, 6.07) is 11.2. The zero-order valence-electron chi connectivity index (χ0n) is 15.3. The SMILES string of the molecule is CC(=Nc1ccc(-c2c[nH]c3cc(F)ccc23)cc1C)C1CCNCC1. The van der Waals surface area contributed by atoms with Gasteiger partial charge in [0.05, 0.1) is 5.69 Å². The molecule has 1 fully saturated rings. The summed E-state index contributed by atoms with van der Waals surface area (Å²) < 4.78 is 13.4. The molecule has 134 valence electrons. The van der Waals surface area contributed by atoms with Crippen LogP contribution in [0.4, 0.5) is 10.1 Å². The van der Waals surface area contributed by atoms with Crippen LogP contribution in [-0.2, 0) is 0 Å². The number of hydrogen-bond acceptors (Lipinski definition) is 2. The third kappa shape index (κ3) is 3.29. The van der Waals surface area contributed by atoms with E-state index in [-0.39, 0.29) is 5.82 Å². The molecule has 2 N–H and O–H groups in total. The maximum absolute atomic E-state index is 13.4. The zero-order valence-corrected chi connectivity index (χ0v) is 15.3. The Kier molecular flexibility index (Phi) is 4.60. The van der Waals surface area contributed by atoms with Gasteiger partial charge in [-0.25, -0.2) is 4.39 Å². The van der Waals surface area contributed by atoms with E-state index in [0.29, 0.717) is 5.92 Å². The first-order chi connectivity index (χ1) is 12.6. The highest BCUT2D eigenvalue weighted by Crippen LogP contribution is 2.32. The lowest BCUT2D eigenvalue weighted by Gasteiger charge is -2.22. The van der Waals surface area contributed by atoms with Crippen LogP contribution in [0.25, 0.3) is 22.0 Å². The standard InChI is InChI=1S/C22H24FN3/c1-14-11-17(20-13-25-22-12-18(23)4-5-19(20)22)3-6-21(14)26-15(2)16-7-9-24-10-8-16/h3-6,11-13,16,24-25H,7-10H2,1-2H3. The number of rotatable bonds is 3. The Morgan fingerprint density at radius 3 is 2.69 bits per heavy atom. The minimum atomic E-state index is -0.222. The van der Waals surface area contributed by atoms with Crippen LogP contribution in [0.2, 0.25) is 0 Å². The molecule has 4 rings (SSSR count). The minimum absolute atomic E-state index is 0.222. The van der Waals surface area contributed by atoms with Gasteiger partial charge in [-0.05, 0) is 87.2 Å². The van der Waals surface area contributed by atoms with Gasteiger partial charge < -0.3 is 10.3 Å². The predicted molar refractivity (Wildman–Crippen MR) is 107 cm³/mol. The normalized spacial score (nSPS) is 16.3. The van der Waals surface area contributed by atoms with E-state index < -0.39 is 0 Å². The fraction of sp³-hybridized carbons (Fsp3) is 0.318. The lowest BCUT2D eigenvalue weighted by molar-refractivity contribution is 0.455. The van der Waals surface area contributed by atoms with Gasteiger partial charge in [-0.2, -0.15) is 0 Å². The maximum Gasteiger partial charge on any atom is 0.125 e. The van der Waals surface area contributed by atoms with Crippen molar-refractivity contribution in [3.63, 3.8) is 0 Å². The molecule has 0 bridgehead atoms. The van der Waals surface area contributed by atoms with E-state index in [1.807, 2.05) is 12.3 Å². The molecular formula is C22H24FN3. The number of aromatic nitrogens is 1. The number of nitrogens with zero attached hydrogens (tertiary/aromatic N) is 1. The summed E-state index contributed by atoms with van der Waals surface area (Å²) in [5.41, 5.74) is 6.46. The number of aromatic amines is 1. The van der Waals surface area contributed by atoms with Crippen LogP contribution in [-0.4, -0.2) is 23.8 Å². The molecule has 3 aromatic rings. The molecule has 0 atom stereocenters. The Labute approximate surface area is 153 Å². The quantitative estimate of drug-likeness (QED) is 0.613. The van der Waals surface area contributed by atoms with Gasteiger partial charge in [0.1, 0.15) is 5.82 Å². The zero-order chi connectivity index (χ0) is 18.1. The summed E-state index contributed by atoms with van der Waals surface area (Å²) in [5.74, 6) is 0.360. The Balaban J connectivity index is 1.65. The Hall–Kier alpha value is -2.46. The molecule has 1 aromatic heterocycles. The summed E-state index contributed by atoms with van der Waals surface area (Å²) in [5, 5.41) is 4.44. The van der Waals surface area contributed by atoms with Gasteiger partial charge >= 0.3 is 0 Å². The fourth-order valence-corrected chi connectivity index (χ4v) is 3.81. The summed E-state index contributed by atoms with van der Waals surface area (Å²) in [4.78, 5) is 8.07. The third-order valence-corrected chi connectivity index (χ3v) is 5.38. The molecule has 0 saturated carbocycles. The molecule has 0 unspecified atom stereocenters. The summed E-state index contributed by atoms with van der Waals surface area (Å²) >= 11 is 0. The van der Waals surface area contributed by atoms with Crippen molar-refractivity contribution in [1.29, 1.82) is 0 Å². The second kappa shape index (κ2) is 7.04. The Bertz CT molecular complexity index is 965. The van der Waals surface area contributed by atoms with Crippen molar-refractivity contribution in [2.24, 2.45) is 10.9 Å². The first-order valence-electron chi connectivity index (χ1n) is 9.25. The average Bonchev–Trinajstić information content (AvgIpc) is 3.07. The fourth-order valence-electron chi connectivity index (χ4n) is 3.81. The summed E-state index contributed by atoms with van der Waals surface area (Å²) in [6.07, 6.45) is 4.28. The summed E-state index contributed by atoms with van der Waals surface area (Å²) in [7, 11) is 0. The molecule has 3 nitrogen and oxygen atoms in total. The van der Waals surface area contributed by atoms with E-state index in [0.717, 1.165) is 46.4 Å². The molecule has 4 heteroatoms. The number of H-pyrrole nitrogens is 1. The number of aliphatic imine (C=N–C) groups is 1. The van der Waals surface area contributed by atoms with Crippen molar-refractivity contribution in [2.75, 3.05) is 13.1 Å². The first kappa shape index (κ1) is 17.0. The van der Waals surface area contributed by atoms with Gasteiger partial charge in [-0.15, -0.1) is 0 Å². The molecule has 2 aromatic carbocycles. The van der Waals surface area contributed by atoms with E-state index in [4.69, 9.17) is 4.99 Å². The molecule has 1 saturated heterocycles. The van der Waals surface area contributed by atoms with Crippen molar-refractivity contribution < 1.29 is 4.39 Å². The summed E-state index contributed by atoms with van der Waals surface area (Å²) in [6.45, 7) is 6.41. The van der Waals surface area contributed by atoms with Gasteiger partial charge in [-0.1, -0.05) is 6.07 Å². The van der Waals surface area contributed by atoms with E-state index in [1.54, 1.807) is 0 Å². The number of hydrogen-bond donors (Lipinski definition) is 2. The van der Waals surface area contributed by atoms with Crippen molar-refractivity contribution in [2.45, 2.75) is 26.7 Å². The molecule has 0 spiro atoms. The highest BCUT2D eigenvalue weighted by Gasteiger charge is 2.16. The van der Waals surface area contributed by atoms with Crippen molar-refractivity contribution in [3.05, 3.63) is 54.0 Å². The molecule has 26 heavy (non-hydrogen) atoms. The van der Waals surface area contributed by atoms with Gasteiger partial charge in [0.15, 0.2) is 0 Å². The molecule has 2 heterocycles. The lowest BCUT2D eigenvalue weighted by Crippen LogP contribution is -2.30. The smallest absolute Gasteiger partial charge is 0.125 e. The van der Waals surface area contributed by atoms with Gasteiger partial charge in [-0.3, -0.25) is 4.99 Å². The van der Waals surface area contributed by atoms with Crippen molar-refractivity contribution in [3.8, 4) is 11.1 Å². The lowest BCUT2D eigenvalue weighted by atomic mass is 9.93. The number of fused-ring (bicyclic) bond motifs is 1. The molecule has 0 radical (unpaired) electrons. The maximum atomic E-state index is 13.4. The van der Waals surface area contributed by atoms with E-state index >= 15 is 0 Å². The van der Waals surface area contributed by atoms with Crippen LogP contribution in [0.3, 0.4) is 0 Å². The second-order valence-corrected chi connectivity index (χ2v) is 7.17. The number of halogens is 1. The largest absolute Gasteiger partial charge is 0.360 e. The first-order valence-corrected chi connectivity index (χ1v) is 9.25.